The van der Waals surface area contributed by atoms with E-state index in [1.54, 1.807) is 0 Å². The fourth-order valence-corrected chi connectivity index (χ4v) is 5.57. The zero-order chi connectivity index (χ0) is 26.5. The maximum atomic E-state index is 14.8. The lowest BCUT2D eigenvalue weighted by atomic mass is 9.79. The molecule has 0 aromatic heterocycles. The summed E-state index contributed by atoms with van der Waals surface area (Å²) in [5, 5.41) is 16.6. The first-order chi connectivity index (χ1) is 17.4. The first-order valence-electron chi connectivity index (χ1n) is 11.2. The van der Waals surface area contributed by atoms with Crippen LogP contribution in [-0.2, 0) is 15.2 Å². The van der Waals surface area contributed by atoms with Gasteiger partial charge in [-0.2, -0.15) is 13.2 Å². The van der Waals surface area contributed by atoms with Crippen LogP contribution < -0.4 is 5.32 Å². The monoisotopic (exact) mass is 558 g/mol. The molecule has 2 aromatic carbocycles. The Labute approximate surface area is 216 Å². The van der Waals surface area contributed by atoms with Gasteiger partial charge in [0.15, 0.2) is 17.5 Å². The fraction of sp³-hybridized carbons (Fsp3) is 0.375. The molecule has 3 heterocycles. The van der Waals surface area contributed by atoms with E-state index in [-0.39, 0.29) is 42.1 Å². The number of hydrogen-bond acceptors (Lipinski definition) is 7. The smallest absolute Gasteiger partial charge is 0.401 e. The van der Waals surface area contributed by atoms with Crippen LogP contribution in [0, 0.1) is 11.7 Å². The lowest BCUT2D eigenvalue weighted by molar-refractivity contribution is -0.178. The second-order valence-electron chi connectivity index (χ2n) is 9.57. The maximum Gasteiger partial charge on any atom is 0.401 e. The molecule has 2 fully saturated rings. The molecule has 2 aromatic rings. The van der Waals surface area contributed by atoms with Crippen LogP contribution in [0.5, 0.6) is 0 Å². The molecule has 194 valence electrons. The van der Waals surface area contributed by atoms with Crippen LogP contribution >= 0.6 is 23.2 Å². The number of halogens is 6. The van der Waals surface area contributed by atoms with Gasteiger partial charge in [0.2, 0.25) is 0 Å². The summed E-state index contributed by atoms with van der Waals surface area (Å²) in [4.78, 5) is 31.5. The van der Waals surface area contributed by atoms with Crippen molar-refractivity contribution in [3.8, 4) is 0 Å². The van der Waals surface area contributed by atoms with Gasteiger partial charge >= 0.3 is 12.1 Å². The van der Waals surface area contributed by atoms with Crippen molar-refractivity contribution in [2.75, 3.05) is 13.1 Å². The Morgan fingerprint density at radius 3 is 2.49 bits per heavy atom. The summed E-state index contributed by atoms with van der Waals surface area (Å²) in [6.45, 7) is 0.518. The number of Topliss-reactive ketones (excluding diaryl/α,β-unsaturated/α-hetero) is 1. The van der Waals surface area contributed by atoms with Crippen LogP contribution in [0.4, 0.5) is 17.6 Å². The van der Waals surface area contributed by atoms with Gasteiger partial charge < -0.3 is 20.0 Å². The van der Waals surface area contributed by atoms with Gasteiger partial charge in [-0.1, -0.05) is 40.5 Å². The molecule has 0 bridgehead atoms. The molecule has 37 heavy (non-hydrogen) atoms. The van der Waals surface area contributed by atoms with Crippen molar-refractivity contribution in [3.63, 3.8) is 0 Å². The molecular formula is C24H16Cl2F4N2O5. The van der Waals surface area contributed by atoms with Gasteiger partial charge in [0.05, 0.1) is 10.6 Å². The summed E-state index contributed by atoms with van der Waals surface area (Å²) in [5.74, 6) is -5.52. The number of ether oxygens (including phenoxy) is 1. The quantitative estimate of drug-likeness (QED) is 0.249. The highest BCUT2D eigenvalue weighted by Crippen LogP contribution is 2.50. The average Bonchev–Trinajstić information content (AvgIpc) is 3.26. The third kappa shape index (κ3) is 3.58. The summed E-state index contributed by atoms with van der Waals surface area (Å²) in [6.07, 6.45) is -6.88. The van der Waals surface area contributed by atoms with Crippen molar-refractivity contribution in [2.24, 2.45) is 11.1 Å². The van der Waals surface area contributed by atoms with Crippen molar-refractivity contribution in [3.05, 3.63) is 67.9 Å². The van der Waals surface area contributed by atoms with E-state index < -0.39 is 68.8 Å². The second kappa shape index (κ2) is 7.89. The zero-order valence-corrected chi connectivity index (χ0v) is 20.1. The Morgan fingerprint density at radius 2 is 1.89 bits per heavy atom. The number of benzene rings is 2. The lowest BCUT2D eigenvalue weighted by Crippen LogP contribution is -2.57. The largest absolute Gasteiger partial charge is 0.448 e. The van der Waals surface area contributed by atoms with Crippen molar-refractivity contribution in [1.82, 2.24) is 5.32 Å². The number of nitrogens with one attached hydrogen (secondary N) is 1. The molecule has 1 saturated heterocycles. The standard InChI is InChI=1S/C24H16Cl2F4N2O5/c25-9-5-11(17(27)13(26)6-9)19-16(24(28,29)30)18(32-37-19)10-1-2-12-15(14(10)20(33)22(35)3-4-22)21(34)36-23(12)7-31-8-23/h1-2,5-6,16,19,31,35H,3-4,7-8H2. The van der Waals surface area contributed by atoms with Gasteiger partial charge in [-0.15, -0.1) is 0 Å². The Bertz CT molecular complexity index is 1420. The number of alkyl halides is 3. The van der Waals surface area contributed by atoms with E-state index in [1.165, 1.54) is 12.1 Å². The SMILES string of the molecule is O=C1OC2(CNC2)c2ccc(C3=NOC(c4cc(Cl)cc(Cl)c4F)C3C(F)(F)F)c(C(=O)C3(O)CC3)c21. The van der Waals surface area contributed by atoms with Crippen LogP contribution in [0.15, 0.2) is 29.4 Å². The first kappa shape index (κ1) is 24.6. The number of hydrogen-bond donors (Lipinski definition) is 2. The fourth-order valence-electron chi connectivity index (χ4n) is 5.06. The van der Waals surface area contributed by atoms with Gasteiger partial charge in [-0.3, -0.25) is 4.79 Å². The summed E-state index contributed by atoms with van der Waals surface area (Å²) >= 11 is 11.7. The minimum absolute atomic E-state index is 0.0806. The van der Waals surface area contributed by atoms with Crippen LogP contribution in [-0.4, -0.2) is 47.4 Å². The molecule has 4 aliphatic rings. The van der Waals surface area contributed by atoms with Crippen molar-refractivity contribution in [1.29, 1.82) is 0 Å². The summed E-state index contributed by atoms with van der Waals surface area (Å²) in [5.41, 5.74) is -4.86. The van der Waals surface area contributed by atoms with E-state index in [9.17, 15) is 32.3 Å². The second-order valence-corrected chi connectivity index (χ2v) is 10.4. The Hall–Kier alpha value is -2.73. The molecule has 2 unspecified atom stereocenters. The molecule has 13 heteroatoms. The first-order valence-corrected chi connectivity index (χ1v) is 12.0. The minimum atomic E-state index is -5.03. The van der Waals surface area contributed by atoms with E-state index in [1.807, 2.05) is 0 Å². The molecule has 0 radical (unpaired) electrons. The number of nitrogens with zero attached hydrogens (tertiary/aromatic N) is 1. The highest BCUT2D eigenvalue weighted by atomic mass is 35.5. The van der Waals surface area contributed by atoms with Gasteiger partial charge in [-0.25, -0.2) is 9.18 Å². The molecule has 1 spiro atoms. The number of aliphatic hydroxyl groups is 1. The van der Waals surface area contributed by atoms with E-state index in [0.29, 0.717) is 5.56 Å². The van der Waals surface area contributed by atoms with E-state index >= 15 is 0 Å². The third-order valence-corrected chi connectivity index (χ3v) is 7.69. The Balaban J connectivity index is 1.53. The van der Waals surface area contributed by atoms with Crippen LogP contribution in [0.3, 0.4) is 0 Å². The molecule has 1 aliphatic carbocycles. The molecular weight excluding hydrogens is 543 g/mol. The summed E-state index contributed by atoms with van der Waals surface area (Å²) < 4.78 is 63.8. The average molecular weight is 559 g/mol. The number of esters is 1. The normalized spacial score (nSPS) is 24.7. The molecule has 0 amide bonds. The zero-order valence-electron chi connectivity index (χ0n) is 18.6. The summed E-state index contributed by atoms with van der Waals surface area (Å²) in [7, 11) is 0. The van der Waals surface area contributed by atoms with Crippen molar-refractivity contribution in [2.45, 2.75) is 36.3 Å². The number of rotatable bonds is 4. The molecule has 2 atom stereocenters. The Kier molecular flexibility index (Phi) is 5.24. The molecule has 6 rings (SSSR count). The number of oxime groups is 1. The third-order valence-electron chi connectivity index (χ3n) is 7.20. The van der Waals surface area contributed by atoms with E-state index in [2.05, 4.69) is 10.5 Å². The Morgan fingerprint density at radius 1 is 1.19 bits per heavy atom. The van der Waals surface area contributed by atoms with Gasteiger partial charge in [-0.05, 0) is 25.0 Å². The molecule has 7 nitrogen and oxygen atoms in total. The van der Waals surface area contributed by atoms with Crippen molar-refractivity contribution >= 4 is 40.7 Å². The lowest BCUT2D eigenvalue weighted by Gasteiger charge is -2.38. The number of ketones is 1. The van der Waals surface area contributed by atoms with Crippen LogP contribution in [0.1, 0.15) is 56.4 Å². The number of fused-ring (bicyclic) bond motifs is 2. The predicted octanol–water partition coefficient (Wildman–Crippen LogP) is 4.46. The van der Waals surface area contributed by atoms with E-state index in [0.717, 1.165) is 12.1 Å². The maximum absolute atomic E-state index is 14.8. The van der Waals surface area contributed by atoms with Crippen LogP contribution in [0.25, 0.3) is 0 Å². The molecule has 1 saturated carbocycles. The van der Waals surface area contributed by atoms with Crippen molar-refractivity contribution < 1.29 is 41.8 Å². The number of carbonyl (C=O) groups excluding carboxylic acids is 2. The molecule has 3 aliphatic heterocycles. The van der Waals surface area contributed by atoms with Gasteiger partial charge in [0.25, 0.3) is 0 Å². The predicted molar refractivity (Wildman–Crippen MR) is 121 cm³/mol. The van der Waals surface area contributed by atoms with Gasteiger partial charge in [0.1, 0.15) is 23.0 Å². The number of carbonyl (C=O) groups is 2. The topological polar surface area (TPSA) is 97.2 Å². The summed E-state index contributed by atoms with van der Waals surface area (Å²) in [6, 6.07) is 4.62. The minimum Gasteiger partial charge on any atom is -0.448 e. The van der Waals surface area contributed by atoms with E-state index in [4.69, 9.17) is 32.8 Å². The molecule has 2 N–H and O–H groups in total. The van der Waals surface area contributed by atoms with Gasteiger partial charge in [0, 0.05) is 40.4 Å². The van der Waals surface area contributed by atoms with Crippen LogP contribution in [0.2, 0.25) is 10.0 Å². The highest BCUT2D eigenvalue weighted by Gasteiger charge is 2.59. The highest BCUT2D eigenvalue weighted by molar-refractivity contribution is 6.34.